The van der Waals surface area contributed by atoms with Gasteiger partial charge in [0.15, 0.2) is 5.82 Å². The van der Waals surface area contributed by atoms with E-state index in [1.807, 2.05) is 13.8 Å². The van der Waals surface area contributed by atoms with Crippen LogP contribution in [0, 0.1) is 0 Å². The first-order chi connectivity index (χ1) is 8.91. The topological polar surface area (TPSA) is 123 Å². The van der Waals surface area contributed by atoms with E-state index in [1.165, 1.54) is 0 Å². The van der Waals surface area contributed by atoms with E-state index in [2.05, 4.69) is 15.0 Å². The Hall–Kier alpha value is -1.83. The number of nitrogens with zero attached hydrogens (tertiary/aromatic N) is 1. The molecule has 19 heavy (non-hydrogen) atoms. The second-order valence-corrected chi connectivity index (χ2v) is 5.17. The van der Waals surface area contributed by atoms with Crippen molar-refractivity contribution in [3.8, 4) is 0 Å². The molecule has 0 aromatic carbocycles. The van der Waals surface area contributed by atoms with Crippen molar-refractivity contribution in [2.75, 3.05) is 17.6 Å². The molecule has 0 aliphatic heterocycles. The molecule has 0 atom stereocenters. The fraction of sp³-hybridized carbons (Fsp3) is 0.545. The summed E-state index contributed by atoms with van der Waals surface area (Å²) < 4.78 is 3.96. The minimum absolute atomic E-state index is 0.0227. The molecule has 106 valence electrons. The maximum absolute atomic E-state index is 12.0. The molecule has 2 amide bonds. The molecule has 7 nitrogen and oxygen atoms in total. The minimum Gasteiger partial charge on any atom is -0.382 e. The minimum atomic E-state index is -0.344. The van der Waals surface area contributed by atoms with Crippen molar-refractivity contribution in [3.63, 3.8) is 0 Å². The molecule has 1 heterocycles. The fourth-order valence-corrected chi connectivity index (χ4v) is 2.18. The van der Waals surface area contributed by atoms with Crippen LogP contribution in [0.15, 0.2) is 0 Å². The highest BCUT2D eigenvalue weighted by atomic mass is 32.1. The molecule has 0 saturated heterocycles. The second kappa shape index (κ2) is 6.93. The highest BCUT2D eigenvalue weighted by molar-refractivity contribution is 7.11. The summed E-state index contributed by atoms with van der Waals surface area (Å²) in [5, 5.41) is 6.43. The molecule has 1 aromatic rings. The van der Waals surface area contributed by atoms with Crippen LogP contribution < -0.4 is 22.1 Å². The Kier molecular flexibility index (Phi) is 5.56. The predicted octanol–water partition coefficient (Wildman–Crippen LogP) is 0.541. The first-order valence-electron chi connectivity index (χ1n) is 6.00. The second-order valence-electron chi connectivity index (χ2n) is 4.40. The van der Waals surface area contributed by atoms with Gasteiger partial charge in [0, 0.05) is 19.0 Å². The molecule has 0 unspecified atom stereocenters. The number of carbonyl (C=O) groups excluding carboxylic acids is 2. The van der Waals surface area contributed by atoms with Gasteiger partial charge in [0.2, 0.25) is 5.91 Å². The molecule has 1 rings (SSSR count). The van der Waals surface area contributed by atoms with Crippen LogP contribution in [0.1, 0.15) is 37.0 Å². The van der Waals surface area contributed by atoms with E-state index in [9.17, 15) is 9.59 Å². The zero-order valence-corrected chi connectivity index (χ0v) is 11.8. The van der Waals surface area contributed by atoms with Crippen LogP contribution in [0.4, 0.5) is 10.8 Å². The summed E-state index contributed by atoms with van der Waals surface area (Å²) in [7, 11) is 0. The van der Waals surface area contributed by atoms with Crippen molar-refractivity contribution >= 4 is 34.2 Å². The lowest BCUT2D eigenvalue weighted by molar-refractivity contribution is -0.118. The molecule has 0 saturated carbocycles. The summed E-state index contributed by atoms with van der Waals surface area (Å²) >= 11 is 1.13. The number of nitrogen functional groups attached to an aromatic ring is 1. The van der Waals surface area contributed by atoms with Crippen LogP contribution >= 0.6 is 11.5 Å². The maximum Gasteiger partial charge on any atom is 0.258 e. The Morgan fingerprint density at radius 3 is 2.68 bits per heavy atom. The van der Waals surface area contributed by atoms with E-state index < -0.39 is 0 Å². The van der Waals surface area contributed by atoms with Crippen LogP contribution in [0.2, 0.25) is 0 Å². The third-order valence-corrected chi connectivity index (χ3v) is 3.07. The number of anilines is 2. The van der Waals surface area contributed by atoms with Crippen LogP contribution in [0.3, 0.4) is 0 Å². The summed E-state index contributed by atoms with van der Waals surface area (Å²) in [6.45, 7) is 4.27. The Morgan fingerprint density at radius 2 is 2.11 bits per heavy atom. The van der Waals surface area contributed by atoms with Gasteiger partial charge in [0.25, 0.3) is 5.91 Å². The smallest absolute Gasteiger partial charge is 0.258 e. The summed E-state index contributed by atoms with van der Waals surface area (Å²) in [4.78, 5) is 22.6. The Balaban J connectivity index is 2.64. The first-order valence-corrected chi connectivity index (χ1v) is 6.77. The molecule has 1 aromatic heterocycles. The average Bonchev–Trinajstić information content (AvgIpc) is 2.65. The van der Waals surface area contributed by atoms with Crippen molar-refractivity contribution in [2.45, 2.75) is 32.7 Å². The van der Waals surface area contributed by atoms with Crippen LogP contribution in [0.25, 0.3) is 0 Å². The van der Waals surface area contributed by atoms with E-state index in [4.69, 9.17) is 11.5 Å². The van der Waals surface area contributed by atoms with Gasteiger partial charge in [-0.2, -0.15) is 4.37 Å². The summed E-state index contributed by atoms with van der Waals surface area (Å²) in [6, 6.07) is 0.0227. The molecule has 0 bridgehead atoms. The van der Waals surface area contributed by atoms with E-state index >= 15 is 0 Å². The lowest BCUT2D eigenvalue weighted by Crippen LogP contribution is -2.30. The highest BCUT2D eigenvalue weighted by Crippen LogP contribution is 2.26. The Bertz CT molecular complexity index is 458. The molecular formula is C11H19N5O2S. The highest BCUT2D eigenvalue weighted by Gasteiger charge is 2.19. The molecule has 0 spiro atoms. The monoisotopic (exact) mass is 285 g/mol. The van der Waals surface area contributed by atoms with Gasteiger partial charge < -0.3 is 22.1 Å². The van der Waals surface area contributed by atoms with Crippen molar-refractivity contribution in [1.29, 1.82) is 0 Å². The number of amides is 2. The molecule has 8 heteroatoms. The van der Waals surface area contributed by atoms with Gasteiger partial charge in [-0.05, 0) is 31.8 Å². The molecule has 6 N–H and O–H groups in total. The third-order valence-electron chi connectivity index (χ3n) is 2.25. The predicted molar refractivity (Wildman–Crippen MR) is 76.0 cm³/mol. The van der Waals surface area contributed by atoms with E-state index in [0.29, 0.717) is 30.0 Å². The van der Waals surface area contributed by atoms with Gasteiger partial charge in [-0.1, -0.05) is 0 Å². The maximum atomic E-state index is 12.0. The van der Waals surface area contributed by atoms with E-state index in [1.54, 1.807) is 0 Å². The standard InChI is InChI=1S/C11H19N5O2S/c1-6(2)15-10(18)8-9(13)16-19-11(8)14-5-3-4-7(12)17/h6,14H,3-5H2,1-2H3,(H2,12,17)(H2,13,16)(H,15,18). The van der Waals surface area contributed by atoms with Gasteiger partial charge in [-0.3, -0.25) is 9.59 Å². The Morgan fingerprint density at radius 1 is 1.42 bits per heavy atom. The lowest BCUT2D eigenvalue weighted by atomic mass is 10.2. The molecule has 0 aliphatic rings. The number of hydrogen-bond acceptors (Lipinski definition) is 6. The summed E-state index contributed by atoms with van der Waals surface area (Å²) in [5.74, 6) is -0.386. The number of primary amides is 1. The van der Waals surface area contributed by atoms with Gasteiger partial charge >= 0.3 is 0 Å². The summed E-state index contributed by atoms with van der Waals surface area (Å²) in [5.41, 5.74) is 11.1. The largest absolute Gasteiger partial charge is 0.382 e. The van der Waals surface area contributed by atoms with Crippen molar-refractivity contribution in [2.24, 2.45) is 5.73 Å². The van der Waals surface area contributed by atoms with Gasteiger partial charge in [-0.25, -0.2) is 0 Å². The van der Waals surface area contributed by atoms with E-state index in [0.717, 1.165) is 11.5 Å². The number of carbonyl (C=O) groups is 2. The number of nitrogens with two attached hydrogens (primary N) is 2. The quantitative estimate of drug-likeness (QED) is 0.544. The van der Waals surface area contributed by atoms with Crippen LogP contribution in [-0.4, -0.2) is 28.8 Å². The first kappa shape index (κ1) is 15.2. The van der Waals surface area contributed by atoms with Crippen molar-refractivity contribution in [1.82, 2.24) is 9.69 Å². The SMILES string of the molecule is CC(C)NC(=O)c1c(N)nsc1NCCCC(N)=O. The summed E-state index contributed by atoms with van der Waals surface area (Å²) in [6.07, 6.45) is 0.896. The molecular weight excluding hydrogens is 266 g/mol. The van der Waals surface area contributed by atoms with Crippen LogP contribution in [-0.2, 0) is 4.79 Å². The number of hydrogen-bond donors (Lipinski definition) is 4. The van der Waals surface area contributed by atoms with Gasteiger partial charge in [-0.15, -0.1) is 0 Å². The third kappa shape index (κ3) is 4.74. The average molecular weight is 285 g/mol. The Labute approximate surface area is 115 Å². The molecule has 0 radical (unpaired) electrons. The van der Waals surface area contributed by atoms with Crippen LogP contribution in [0.5, 0.6) is 0 Å². The lowest BCUT2D eigenvalue weighted by Gasteiger charge is -2.10. The normalized spacial score (nSPS) is 10.5. The van der Waals surface area contributed by atoms with E-state index in [-0.39, 0.29) is 23.7 Å². The van der Waals surface area contributed by atoms with Crippen molar-refractivity contribution in [3.05, 3.63) is 5.56 Å². The zero-order chi connectivity index (χ0) is 14.4. The van der Waals surface area contributed by atoms with Crippen molar-refractivity contribution < 1.29 is 9.59 Å². The number of aromatic nitrogens is 1. The number of nitrogens with one attached hydrogen (secondary N) is 2. The zero-order valence-electron chi connectivity index (χ0n) is 11.0. The molecule has 0 aliphatic carbocycles. The molecule has 0 fully saturated rings. The fourth-order valence-electron chi connectivity index (χ4n) is 1.44. The van der Waals surface area contributed by atoms with Gasteiger partial charge in [0.05, 0.1) is 0 Å². The number of rotatable bonds is 7. The van der Waals surface area contributed by atoms with Gasteiger partial charge in [0.1, 0.15) is 10.6 Å².